The fraction of sp³-hybridized carbons (Fsp3) is 0.364. The summed E-state index contributed by atoms with van der Waals surface area (Å²) in [6.07, 6.45) is 0. The van der Waals surface area contributed by atoms with Crippen molar-refractivity contribution in [2.24, 2.45) is 0 Å². The second-order valence-electron chi connectivity index (χ2n) is 3.83. The highest BCUT2D eigenvalue weighted by molar-refractivity contribution is 7.89. The van der Waals surface area contributed by atoms with Gasteiger partial charge in [0.1, 0.15) is 10.7 Å². The molecule has 0 unspecified atom stereocenters. The van der Waals surface area contributed by atoms with Gasteiger partial charge in [0.15, 0.2) is 0 Å². The third kappa shape index (κ3) is 4.58. The molecule has 0 radical (unpaired) electrons. The van der Waals surface area contributed by atoms with E-state index in [0.29, 0.717) is 5.56 Å². The van der Waals surface area contributed by atoms with Crippen molar-refractivity contribution in [3.8, 4) is 0 Å². The zero-order valence-corrected chi connectivity index (χ0v) is 11.1. The molecule has 0 spiro atoms. The van der Waals surface area contributed by atoms with Crippen LogP contribution in [-0.4, -0.2) is 39.1 Å². The van der Waals surface area contributed by atoms with E-state index < -0.39 is 33.2 Å². The standard InChI is InChI=1S/C11H15FN2O4S/c1-8-2-3-10(9(12)6-8)19(17,18)14-7-11(16)13-4-5-15/h2-3,6,14-15H,4-5,7H2,1H3,(H,13,16). The normalized spacial score (nSPS) is 11.3. The van der Waals surface area contributed by atoms with E-state index in [-0.39, 0.29) is 13.2 Å². The predicted molar refractivity (Wildman–Crippen MR) is 66.4 cm³/mol. The fourth-order valence-corrected chi connectivity index (χ4v) is 2.36. The molecule has 0 saturated heterocycles. The zero-order chi connectivity index (χ0) is 14.5. The molecule has 1 aromatic rings. The number of amides is 1. The van der Waals surface area contributed by atoms with Crippen LogP contribution in [0.4, 0.5) is 4.39 Å². The van der Waals surface area contributed by atoms with Crippen LogP contribution in [0.2, 0.25) is 0 Å². The highest BCUT2D eigenvalue weighted by Gasteiger charge is 2.19. The maximum Gasteiger partial charge on any atom is 0.243 e. The van der Waals surface area contributed by atoms with Crippen molar-refractivity contribution >= 4 is 15.9 Å². The molecule has 0 aromatic heterocycles. The molecule has 19 heavy (non-hydrogen) atoms. The van der Waals surface area contributed by atoms with E-state index in [1.165, 1.54) is 6.07 Å². The lowest BCUT2D eigenvalue weighted by molar-refractivity contribution is -0.120. The number of halogens is 1. The summed E-state index contributed by atoms with van der Waals surface area (Å²) < 4.78 is 39.0. The summed E-state index contributed by atoms with van der Waals surface area (Å²) in [7, 11) is -4.08. The fourth-order valence-electron chi connectivity index (χ4n) is 1.32. The average molecular weight is 290 g/mol. The molecule has 0 aliphatic rings. The van der Waals surface area contributed by atoms with E-state index in [9.17, 15) is 17.6 Å². The van der Waals surface area contributed by atoms with Gasteiger partial charge in [0.25, 0.3) is 0 Å². The van der Waals surface area contributed by atoms with Gasteiger partial charge in [-0.1, -0.05) is 6.07 Å². The first kappa shape index (κ1) is 15.5. The van der Waals surface area contributed by atoms with E-state index in [0.717, 1.165) is 12.1 Å². The van der Waals surface area contributed by atoms with Crippen LogP contribution in [-0.2, 0) is 14.8 Å². The maximum atomic E-state index is 13.5. The van der Waals surface area contributed by atoms with Crippen molar-refractivity contribution in [1.82, 2.24) is 10.0 Å². The van der Waals surface area contributed by atoms with Crippen LogP contribution in [0, 0.1) is 12.7 Å². The monoisotopic (exact) mass is 290 g/mol. The van der Waals surface area contributed by atoms with E-state index >= 15 is 0 Å². The Labute approximate surface area is 110 Å². The van der Waals surface area contributed by atoms with E-state index in [1.807, 2.05) is 4.72 Å². The van der Waals surface area contributed by atoms with Crippen LogP contribution in [0.25, 0.3) is 0 Å². The molecule has 0 fully saturated rings. The van der Waals surface area contributed by atoms with Gasteiger partial charge in [-0.05, 0) is 24.6 Å². The third-order valence-corrected chi connectivity index (χ3v) is 3.67. The Balaban J connectivity index is 2.73. The molecule has 0 atom stereocenters. The van der Waals surface area contributed by atoms with E-state index in [2.05, 4.69) is 5.32 Å². The molecular formula is C11H15FN2O4S. The first-order chi connectivity index (χ1) is 8.86. The number of hydrogen-bond acceptors (Lipinski definition) is 4. The number of aliphatic hydroxyl groups is 1. The van der Waals surface area contributed by atoms with Crippen molar-refractivity contribution in [3.63, 3.8) is 0 Å². The molecule has 106 valence electrons. The molecule has 6 nitrogen and oxygen atoms in total. The number of hydrogen-bond donors (Lipinski definition) is 3. The number of aryl methyl sites for hydroxylation is 1. The molecule has 8 heteroatoms. The van der Waals surface area contributed by atoms with Crippen molar-refractivity contribution in [2.75, 3.05) is 19.7 Å². The Kier molecular flexibility index (Phi) is 5.40. The molecule has 0 saturated carbocycles. The first-order valence-corrected chi connectivity index (χ1v) is 6.98. The van der Waals surface area contributed by atoms with Gasteiger partial charge in [0.05, 0.1) is 13.2 Å². The lowest BCUT2D eigenvalue weighted by atomic mass is 10.2. The van der Waals surface area contributed by atoms with Crippen molar-refractivity contribution in [3.05, 3.63) is 29.6 Å². The van der Waals surface area contributed by atoms with Crippen LogP contribution in [0.1, 0.15) is 5.56 Å². The SMILES string of the molecule is Cc1ccc(S(=O)(=O)NCC(=O)NCCO)c(F)c1. The van der Waals surface area contributed by atoms with Gasteiger partial charge in [0.2, 0.25) is 15.9 Å². The smallest absolute Gasteiger partial charge is 0.243 e. The first-order valence-electron chi connectivity index (χ1n) is 5.50. The van der Waals surface area contributed by atoms with Crippen molar-refractivity contribution < 1.29 is 22.7 Å². The van der Waals surface area contributed by atoms with Crippen molar-refractivity contribution in [2.45, 2.75) is 11.8 Å². The Hall–Kier alpha value is -1.51. The maximum absolute atomic E-state index is 13.5. The van der Waals surface area contributed by atoms with E-state index in [1.54, 1.807) is 6.92 Å². The van der Waals surface area contributed by atoms with Crippen molar-refractivity contribution in [1.29, 1.82) is 0 Å². The summed E-state index contributed by atoms with van der Waals surface area (Å²) in [5, 5.41) is 10.8. The van der Waals surface area contributed by atoms with Crippen LogP contribution in [0.5, 0.6) is 0 Å². The number of benzene rings is 1. The summed E-state index contributed by atoms with van der Waals surface area (Å²) in [6.45, 7) is 0.898. The second kappa shape index (κ2) is 6.60. The Morgan fingerprint density at radius 2 is 2.11 bits per heavy atom. The second-order valence-corrected chi connectivity index (χ2v) is 5.57. The van der Waals surface area contributed by atoms with Gasteiger partial charge < -0.3 is 10.4 Å². The average Bonchev–Trinajstić information content (AvgIpc) is 2.33. The van der Waals surface area contributed by atoms with E-state index in [4.69, 9.17) is 5.11 Å². The highest BCUT2D eigenvalue weighted by atomic mass is 32.2. The van der Waals surface area contributed by atoms with Crippen LogP contribution >= 0.6 is 0 Å². The van der Waals surface area contributed by atoms with Crippen LogP contribution in [0.3, 0.4) is 0 Å². The van der Waals surface area contributed by atoms with Crippen LogP contribution in [0.15, 0.2) is 23.1 Å². The minimum absolute atomic E-state index is 0.0272. The summed E-state index contributed by atoms with van der Waals surface area (Å²) in [5.41, 5.74) is 0.595. The largest absolute Gasteiger partial charge is 0.395 e. The van der Waals surface area contributed by atoms with Crippen LogP contribution < -0.4 is 10.0 Å². The summed E-state index contributed by atoms with van der Waals surface area (Å²) in [5.74, 6) is -1.48. The minimum Gasteiger partial charge on any atom is -0.395 e. The Morgan fingerprint density at radius 3 is 2.68 bits per heavy atom. The number of carbonyl (C=O) groups is 1. The summed E-state index contributed by atoms with van der Waals surface area (Å²) in [4.78, 5) is 10.7. The number of rotatable bonds is 6. The molecule has 0 aliphatic heterocycles. The molecule has 1 aromatic carbocycles. The lowest BCUT2D eigenvalue weighted by Crippen LogP contribution is -2.38. The molecule has 3 N–H and O–H groups in total. The molecule has 1 rings (SSSR count). The van der Waals surface area contributed by atoms with Gasteiger partial charge in [-0.25, -0.2) is 17.5 Å². The zero-order valence-electron chi connectivity index (χ0n) is 10.3. The highest BCUT2D eigenvalue weighted by Crippen LogP contribution is 2.15. The van der Waals surface area contributed by atoms with Gasteiger partial charge in [0, 0.05) is 6.54 Å². The topological polar surface area (TPSA) is 95.5 Å². The predicted octanol–water partition coefficient (Wildman–Crippen LogP) is -0.479. The Bertz CT molecular complexity index is 560. The molecule has 1 amide bonds. The summed E-state index contributed by atoms with van der Waals surface area (Å²) in [6, 6.07) is 3.70. The Morgan fingerprint density at radius 1 is 1.42 bits per heavy atom. The molecule has 0 bridgehead atoms. The molecule has 0 aliphatic carbocycles. The van der Waals surface area contributed by atoms with Gasteiger partial charge in [-0.15, -0.1) is 0 Å². The number of sulfonamides is 1. The lowest BCUT2D eigenvalue weighted by Gasteiger charge is -2.08. The number of nitrogens with one attached hydrogen (secondary N) is 2. The minimum atomic E-state index is -4.08. The molecule has 0 heterocycles. The quantitative estimate of drug-likeness (QED) is 0.659. The number of carbonyl (C=O) groups excluding carboxylic acids is 1. The van der Waals surface area contributed by atoms with Gasteiger partial charge in [-0.3, -0.25) is 4.79 Å². The molecular weight excluding hydrogens is 275 g/mol. The van der Waals surface area contributed by atoms with Gasteiger partial charge in [-0.2, -0.15) is 0 Å². The third-order valence-electron chi connectivity index (χ3n) is 2.23. The number of aliphatic hydroxyl groups excluding tert-OH is 1. The van der Waals surface area contributed by atoms with Gasteiger partial charge >= 0.3 is 0 Å². The summed E-state index contributed by atoms with van der Waals surface area (Å²) >= 11 is 0.